The smallest absolute Gasteiger partial charge is 0.271 e. The summed E-state index contributed by atoms with van der Waals surface area (Å²) < 4.78 is 10.4. The van der Waals surface area contributed by atoms with E-state index < -0.39 is 0 Å². The Bertz CT molecular complexity index is 656. The molecule has 0 atom stereocenters. The summed E-state index contributed by atoms with van der Waals surface area (Å²) in [6, 6.07) is 8.60. The van der Waals surface area contributed by atoms with Gasteiger partial charge in [-0.05, 0) is 24.3 Å². The van der Waals surface area contributed by atoms with Crippen LogP contribution in [0.5, 0.6) is 11.5 Å². The van der Waals surface area contributed by atoms with E-state index >= 15 is 0 Å². The van der Waals surface area contributed by atoms with Gasteiger partial charge in [0.15, 0.2) is 11.5 Å². The fraction of sp³-hybridized carbons (Fsp3) is 0.0714. The molecule has 2 heterocycles. The molecule has 0 saturated carbocycles. The van der Waals surface area contributed by atoms with Crippen molar-refractivity contribution in [1.82, 2.24) is 10.4 Å². The van der Waals surface area contributed by atoms with Crippen LogP contribution < -0.4 is 14.9 Å². The number of hydrogen-bond acceptors (Lipinski definition) is 5. The van der Waals surface area contributed by atoms with Crippen LogP contribution >= 0.6 is 0 Å². The van der Waals surface area contributed by atoms with Crippen LogP contribution in [0.4, 0.5) is 0 Å². The Morgan fingerprint density at radius 2 is 2.20 bits per heavy atom. The Hall–Kier alpha value is -2.89. The quantitative estimate of drug-likeness (QED) is 0.678. The highest BCUT2D eigenvalue weighted by Crippen LogP contribution is 2.32. The molecule has 0 fully saturated rings. The number of hydrogen-bond donors (Lipinski definition) is 1. The van der Waals surface area contributed by atoms with Crippen LogP contribution in [0.15, 0.2) is 47.8 Å². The summed E-state index contributed by atoms with van der Waals surface area (Å²) in [5.41, 5.74) is 3.71. The molecule has 100 valence electrons. The molecule has 2 aromatic rings. The van der Waals surface area contributed by atoms with Crippen molar-refractivity contribution in [2.45, 2.75) is 0 Å². The predicted octanol–water partition coefficient (Wildman–Crippen LogP) is 1.57. The van der Waals surface area contributed by atoms with Crippen LogP contribution in [0.3, 0.4) is 0 Å². The number of ether oxygens (including phenoxy) is 2. The number of fused-ring (bicyclic) bond motifs is 1. The minimum atomic E-state index is -0.316. The van der Waals surface area contributed by atoms with Crippen LogP contribution in [-0.4, -0.2) is 23.9 Å². The lowest BCUT2D eigenvalue weighted by molar-refractivity contribution is 0.0954. The molecule has 0 spiro atoms. The van der Waals surface area contributed by atoms with Crippen molar-refractivity contribution in [3.8, 4) is 11.5 Å². The van der Waals surface area contributed by atoms with Gasteiger partial charge in [-0.25, -0.2) is 5.43 Å². The SMILES string of the molecule is O=C(N/N=C\c1cccnc1)c1ccc2c(c1)OCO2. The summed E-state index contributed by atoms with van der Waals surface area (Å²) in [6.07, 6.45) is 4.84. The summed E-state index contributed by atoms with van der Waals surface area (Å²) in [6.45, 7) is 0.180. The van der Waals surface area contributed by atoms with Gasteiger partial charge in [-0.15, -0.1) is 0 Å². The average molecular weight is 269 g/mol. The van der Waals surface area contributed by atoms with E-state index in [-0.39, 0.29) is 12.7 Å². The molecular formula is C14H11N3O3. The molecule has 1 amide bonds. The van der Waals surface area contributed by atoms with Crippen molar-refractivity contribution in [3.63, 3.8) is 0 Å². The fourth-order valence-corrected chi connectivity index (χ4v) is 1.72. The predicted molar refractivity (Wildman–Crippen MR) is 71.9 cm³/mol. The Labute approximate surface area is 115 Å². The number of carbonyl (C=O) groups excluding carboxylic acids is 1. The number of hydrazone groups is 1. The van der Waals surface area contributed by atoms with E-state index in [4.69, 9.17) is 9.47 Å². The number of pyridine rings is 1. The topological polar surface area (TPSA) is 72.8 Å². The molecule has 6 nitrogen and oxygen atoms in total. The van der Waals surface area contributed by atoms with Gasteiger partial charge in [0.1, 0.15) is 0 Å². The molecule has 0 aliphatic carbocycles. The second kappa shape index (κ2) is 5.40. The number of carbonyl (C=O) groups is 1. The molecule has 3 rings (SSSR count). The van der Waals surface area contributed by atoms with Crippen molar-refractivity contribution in [2.24, 2.45) is 5.10 Å². The summed E-state index contributed by atoms with van der Waals surface area (Å²) >= 11 is 0. The number of amides is 1. The van der Waals surface area contributed by atoms with E-state index in [1.54, 1.807) is 36.7 Å². The highest BCUT2D eigenvalue weighted by atomic mass is 16.7. The highest BCUT2D eigenvalue weighted by Gasteiger charge is 2.15. The van der Waals surface area contributed by atoms with Gasteiger partial charge in [0.2, 0.25) is 6.79 Å². The zero-order valence-electron chi connectivity index (χ0n) is 10.4. The van der Waals surface area contributed by atoms with Gasteiger partial charge in [0, 0.05) is 23.5 Å². The largest absolute Gasteiger partial charge is 0.454 e. The van der Waals surface area contributed by atoms with Gasteiger partial charge < -0.3 is 9.47 Å². The second-order valence-electron chi connectivity index (χ2n) is 4.05. The summed E-state index contributed by atoms with van der Waals surface area (Å²) in [7, 11) is 0. The van der Waals surface area contributed by atoms with Crippen LogP contribution in [0.1, 0.15) is 15.9 Å². The molecule has 1 N–H and O–H groups in total. The van der Waals surface area contributed by atoms with Crippen LogP contribution in [-0.2, 0) is 0 Å². The maximum Gasteiger partial charge on any atom is 0.271 e. The Kier molecular flexibility index (Phi) is 3.28. The third-order valence-electron chi connectivity index (χ3n) is 2.70. The van der Waals surface area contributed by atoms with E-state index in [0.29, 0.717) is 17.1 Å². The number of nitrogens with one attached hydrogen (secondary N) is 1. The molecule has 0 unspecified atom stereocenters. The summed E-state index contributed by atoms with van der Waals surface area (Å²) in [5, 5.41) is 3.87. The Morgan fingerprint density at radius 1 is 1.30 bits per heavy atom. The average Bonchev–Trinajstić information content (AvgIpc) is 2.95. The molecule has 6 heteroatoms. The lowest BCUT2D eigenvalue weighted by Crippen LogP contribution is -2.17. The van der Waals surface area contributed by atoms with E-state index in [2.05, 4.69) is 15.5 Å². The van der Waals surface area contributed by atoms with Crippen molar-refractivity contribution in [3.05, 3.63) is 53.9 Å². The molecule has 1 aliphatic rings. The molecular weight excluding hydrogens is 258 g/mol. The van der Waals surface area contributed by atoms with Gasteiger partial charge >= 0.3 is 0 Å². The van der Waals surface area contributed by atoms with E-state index in [0.717, 1.165) is 5.56 Å². The molecule has 1 aromatic heterocycles. The van der Waals surface area contributed by atoms with Crippen molar-refractivity contribution in [1.29, 1.82) is 0 Å². The Balaban J connectivity index is 1.66. The molecule has 0 radical (unpaired) electrons. The van der Waals surface area contributed by atoms with Gasteiger partial charge in [-0.1, -0.05) is 6.07 Å². The Morgan fingerprint density at radius 3 is 3.05 bits per heavy atom. The van der Waals surface area contributed by atoms with E-state index in [1.165, 1.54) is 6.21 Å². The van der Waals surface area contributed by atoms with Gasteiger partial charge in [-0.2, -0.15) is 5.10 Å². The first-order valence-electron chi connectivity index (χ1n) is 5.96. The van der Waals surface area contributed by atoms with Gasteiger partial charge in [-0.3, -0.25) is 9.78 Å². The number of benzene rings is 1. The fourth-order valence-electron chi connectivity index (χ4n) is 1.72. The minimum Gasteiger partial charge on any atom is -0.454 e. The van der Waals surface area contributed by atoms with Crippen molar-refractivity contribution >= 4 is 12.1 Å². The zero-order valence-corrected chi connectivity index (χ0v) is 10.4. The minimum absolute atomic E-state index is 0.180. The first kappa shape index (κ1) is 12.2. The lowest BCUT2D eigenvalue weighted by Gasteiger charge is -2.01. The third-order valence-corrected chi connectivity index (χ3v) is 2.70. The molecule has 0 bridgehead atoms. The molecule has 0 saturated heterocycles. The summed E-state index contributed by atoms with van der Waals surface area (Å²) in [5.74, 6) is 0.887. The van der Waals surface area contributed by atoms with E-state index in [1.807, 2.05) is 6.07 Å². The maximum absolute atomic E-state index is 11.9. The zero-order chi connectivity index (χ0) is 13.8. The highest BCUT2D eigenvalue weighted by molar-refractivity contribution is 5.95. The first-order valence-corrected chi connectivity index (χ1v) is 5.96. The molecule has 20 heavy (non-hydrogen) atoms. The number of nitrogens with zero attached hydrogens (tertiary/aromatic N) is 2. The maximum atomic E-state index is 11.9. The number of aromatic nitrogens is 1. The lowest BCUT2D eigenvalue weighted by atomic mass is 10.2. The van der Waals surface area contributed by atoms with Crippen molar-refractivity contribution in [2.75, 3.05) is 6.79 Å². The molecule has 1 aliphatic heterocycles. The molecule has 1 aromatic carbocycles. The van der Waals surface area contributed by atoms with Gasteiger partial charge in [0.25, 0.3) is 5.91 Å². The number of rotatable bonds is 3. The normalized spacial score (nSPS) is 12.6. The van der Waals surface area contributed by atoms with Crippen LogP contribution in [0.2, 0.25) is 0 Å². The monoisotopic (exact) mass is 269 g/mol. The third kappa shape index (κ3) is 2.59. The second-order valence-corrected chi connectivity index (χ2v) is 4.05. The van der Waals surface area contributed by atoms with Crippen LogP contribution in [0.25, 0.3) is 0 Å². The van der Waals surface area contributed by atoms with Crippen molar-refractivity contribution < 1.29 is 14.3 Å². The summed E-state index contributed by atoms with van der Waals surface area (Å²) in [4.78, 5) is 15.8. The standard InChI is InChI=1S/C14H11N3O3/c18-14(17-16-8-10-2-1-5-15-7-10)11-3-4-12-13(6-11)20-9-19-12/h1-8H,9H2,(H,17,18)/b16-8-. The first-order chi connectivity index (χ1) is 9.83. The van der Waals surface area contributed by atoms with Gasteiger partial charge in [0.05, 0.1) is 6.21 Å². The van der Waals surface area contributed by atoms with E-state index in [9.17, 15) is 4.79 Å². The van der Waals surface area contributed by atoms with Crippen LogP contribution in [0, 0.1) is 0 Å².